The van der Waals surface area contributed by atoms with Crippen molar-refractivity contribution < 1.29 is 14.3 Å². The zero-order valence-electron chi connectivity index (χ0n) is 7.67. The summed E-state index contributed by atoms with van der Waals surface area (Å²) in [6, 6.07) is 3.73. The molecule has 1 aliphatic rings. The van der Waals surface area contributed by atoms with E-state index in [2.05, 4.69) is 15.9 Å². The highest BCUT2D eigenvalue weighted by Gasteiger charge is 2.18. The summed E-state index contributed by atoms with van der Waals surface area (Å²) in [5, 5.41) is 0. The fraction of sp³-hybridized carbons (Fsp3) is 0.300. The summed E-state index contributed by atoms with van der Waals surface area (Å²) in [4.78, 5) is 10.9. The van der Waals surface area contributed by atoms with Gasteiger partial charge in [0, 0.05) is 6.42 Å². The molecule has 4 heteroatoms. The van der Waals surface area contributed by atoms with Gasteiger partial charge in [0.05, 0.1) is 4.47 Å². The lowest BCUT2D eigenvalue weighted by atomic mass is 10.1. The Balaban J connectivity index is 2.36. The Hall–Kier alpha value is -1.03. The number of hydrogen-bond donors (Lipinski definition) is 0. The number of rotatable bonds is 2. The molecule has 0 radical (unpaired) electrons. The van der Waals surface area contributed by atoms with Gasteiger partial charge in [-0.3, -0.25) is 4.79 Å². The molecule has 0 bridgehead atoms. The highest BCUT2D eigenvalue weighted by atomic mass is 79.9. The smallest absolute Gasteiger partial charge is 0.231 e. The first-order valence-corrected chi connectivity index (χ1v) is 5.03. The minimum absolute atomic E-state index is 0.135. The maximum absolute atomic E-state index is 10.9. The van der Waals surface area contributed by atoms with E-state index in [0.29, 0.717) is 12.2 Å². The molecule has 0 aromatic heterocycles. The molecule has 1 aliphatic heterocycles. The largest absolute Gasteiger partial charge is 0.454 e. The van der Waals surface area contributed by atoms with E-state index in [-0.39, 0.29) is 12.6 Å². The fourth-order valence-corrected chi connectivity index (χ4v) is 2.01. The summed E-state index contributed by atoms with van der Waals surface area (Å²) in [6.45, 7) is 1.82. The van der Waals surface area contributed by atoms with Gasteiger partial charge < -0.3 is 9.47 Å². The SMILES string of the molecule is CC(=O)Cc1cc(Br)c2c(c1)OCO2. The van der Waals surface area contributed by atoms with Gasteiger partial charge in [-0.2, -0.15) is 0 Å². The van der Waals surface area contributed by atoms with Crippen molar-refractivity contribution >= 4 is 21.7 Å². The third kappa shape index (κ3) is 1.75. The second-order valence-corrected chi connectivity index (χ2v) is 4.04. The number of benzene rings is 1. The van der Waals surface area contributed by atoms with Crippen LogP contribution in [-0.2, 0) is 11.2 Å². The van der Waals surface area contributed by atoms with Crippen molar-refractivity contribution in [2.24, 2.45) is 0 Å². The van der Waals surface area contributed by atoms with E-state index in [0.717, 1.165) is 15.8 Å². The molecule has 0 fully saturated rings. The zero-order valence-corrected chi connectivity index (χ0v) is 9.26. The van der Waals surface area contributed by atoms with E-state index in [4.69, 9.17) is 9.47 Å². The van der Waals surface area contributed by atoms with Gasteiger partial charge in [-0.25, -0.2) is 0 Å². The molecular weight excluding hydrogens is 248 g/mol. The van der Waals surface area contributed by atoms with E-state index < -0.39 is 0 Å². The molecule has 0 spiro atoms. The molecule has 0 unspecified atom stereocenters. The maximum Gasteiger partial charge on any atom is 0.231 e. The van der Waals surface area contributed by atoms with Crippen LogP contribution in [0.4, 0.5) is 0 Å². The maximum atomic E-state index is 10.9. The summed E-state index contributed by atoms with van der Waals surface area (Å²) < 4.78 is 11.3. The minimum atomic E-state index is 0.135. The highest BCUT2D eigenvalue weighted by molar-refractivity contribution is 9.10. The second kappa shape index (κ2) is 3.61. The average molecular weight is 257 g/mol. The number of carbonyl (C=O) groups is 1. The first-order chi connectivity index (χ1) is 6.66. The van der Waals surface area contributed by atoms with Gasteiger partial charge in [0.15, 0.2) is 11.5 Å². The third-order valence-corrected chi connectivity index (χ3v) is 2.53. The quantitative estimate of drug-likeness (QED) is 0.815. The number of fused-ring (bicyclic) bond motifs is 1. The number of ketones is 1. The minimum Gasteiger partial charge on any atom is -0.454 e. The van der Waals surface area contributed by atoms with Crippen LogP contribution in [-0.4, -0.2) is 12.6 Å². The molecule has 3 nitrogen and oxygen atoms in total. The molecule has 14 heavy (non-hydrogen) atoms. The topological polar surface area (TPSA) is 35.5 Å². The van der Waals surface area contributed by atoms with E-state index >= 15 is 0 Å². The van der Waals surface area contributed by atoms with Gasteiger partial charge in [0.25, 0.3) is 0 Å². The lowest BCUT2D eigenvalue weighted by molar-refractivity contribution is -0.116. The van der Waals surface area contributed by atoms with Crippen LogP contribution in [0.5, 0.6) is 11.5 Å². The predicted octanol–water partition coefficient (Wildman–Crippen LogP) is 2.31. The van der Waals surface area contributed by atoms with Crippen LogP contribution in [0.3, 0.4) is 0 Å². The van der Waals surface area contributed by atoms with Crippen LogP contribution in [0.1, 0.15) is 12.5 Å². The molecule has 0 amide bonds. The standard InChI is InChI=1S/C10H9BrO3/c1-6(12)2-7-3-8(11)10-9(4-7)13-5-14-10/h3-4H,2,5H2,1H3. The van der Waals surface area contributed by atoms with Crippen molar-refractivity contribution in [3.05, 3.63) is 22.2 Å². The van der Waals surface area contributed by atoms with Gasteiger partial charge in [0.2, 0.25) is 6.79 Å². The Kier molecular flexibility index (Phi) is 2.46. The van der Waals surface area contributed by atoms with Crippen molar-refractivity contribution in [1.82, 2.24) is 0 Å². The lowest BCUT2D eigenvalue weighted by Gasteiger charge is -2.02. The van der Waals surface area contributed by atoms with E-state index in [1.165, 1.54) is 0 Å². The Bertz CT molecular complexity index is 387. The molecular formula is C10H9BrO3. The molecule has 1 heterocycles. The number of ether oxygens (including phenoxy) is 2. The van der Waals surface area contributed by atoms with E-state index in [1.807, 2.05) is 12.1 Å². The Morgan fingerprint density at radius 2 is 2.29 bits per heavy atom. The Labute approximate surface area is 90.1 Å². The van der Waals surface area contributed by atoms with Gasteiger partial charge >= 0.3 is 0 Å². The molecule has 0 saturated carbocycles. The van der Waals surface area contributed by atoms with Crippen LogP contribution in [0.25, 0.3) is 0 Å². The lowest BCUT2D eigenvalue weighted by Crippen LogP contribution is -1.96. The van der Waals surface area contributed by atoms with Gasteiger partial charge in [0.1, 0.15) is 5.78 Å². The van der Waals surface area contributed by atoms with Crippen molar-refractivity contribution in [2.45, 2.75) is 13.3 Å². The predicted molar refractivity (Wildman–Crippen MR) is 54.7 cm³/mol. The molecule has 0 saturated heterocycles. The number of Topliss-reactive ketones (excluding diaryl/α,β-unsaturated/α-hetero) is 1. The molecule has 1 aromatic carbocycles. The number of hydrogen-bond acceptors (Lipinski definition) is 3. The van der Waals surface area contributed by atoms with Gasteiger partial charge in [-0.15, -0.1) is 0 Å². The summed E-state index contributed by atoms with van der Waals surface area (Å²) >= 11 is 3.37. The number of carbonyl (C=O) groups excluding carboxylic acids is 1. The fourth-order valence-electron chi connectivity index (χ4n) is 1.41. The average Bonchev–Trinajstić information content (AvgIpc) is 2.50. The summed E-state index contributed by atoms with van der Waals surface area (Å²) in [5.41, 5.74) is 0.939. The zero-order chi connectivity index (χ0) is 10.1. The molecule has 1 aromatic rings. The van der Waals surface area contributed by atoms with Crippen LogP contribution >= 0.6 is 15.9 Å². The van der Waals surface area contributed by atoms with Crippen LogP contribution in [0, 0.1) is 0 Å². The second-order valence-electron chi connectivity index (χ2n) is 3.19. The summed E-state index contributed by atoms with van der Waals surface area (Å²) in [6.07, 6.45) is 0.426. The monoisotopic (exact) mass is 256 g/mol. The molecule has 0 N–H and O–H groups in total. The van der Waals surface area contributed by atoms with Crippen LogP contribution < -0.4 is 9.47 Å². The van der Waals surface area contributed by atoms with E-state index in [1.54, 1.807) is 6.92 Å². The first kappa shape index (κ1) is 9.52. The highest BCUT2D eigenvalue weighted by Crippen LogP contribution is 2.40. The molecule has 0 aliphatic carbocycles. The number of halogens is 1. The van der Waals surface area contributed by atoms with Gasteiger partial charge in [-0.1, -0.05) is 0 Å². The normalized spacial score (nSPS) is 13.0. The molecule has 2 rings (SSSR count). The third-order valence-electron chi connectivity index (χ3n) is 1.94. The Morgan fingerprint density at radius 1 is 1.50 bits per heavy atom. The van der Waals surface area contributed by atoms with E-state index in [9.17, 15) is 4.79 Å². The van der Waals surface area contributed by atoms with Crippen molar-refractivity contribution in [2.75, 3.05) is 6.79 Å². The van der Waals surface area contributed by atoms with Gasteiger partial charge in [-0.05, 0) is 40.5 Å². The van der Waals surface area contributed by atoms with Crippen molar-refractivity contribution in [1.29, 1.82) is 0 Å². The van der Waals surface area contributed by atoms with Crippen molar-refractivity contribution in [3.8, 4) is 11.5 Å². The molecule has 74 valence electrons. The van der Waals surface area contributed by atoms with Crippen molar-refractivity contribution in [3.63, 3.8) is 0 Å². The summed E-state index contributed by atoms with van der Waals surface area (Å²) in [5.74, 6) is 1.56. The first-order valence-electron chi connectivity index (χ1n) is 4.24. The summed E-state index contributed by atoms with van der Waals surface area (Å²) in [7, 11) is 0. The molecule has 0 atom stereocenters. The Morgan fingerprint density at radius 3 is 3.00 bits per heavy atom. The van der Waals surface area contributed by atoms with Crippen LogP contribution in [0.15, 0.2) is 16.6 Å². The van der Waals surface area contributed by atoms with Crippen LogP contribution in [0.2, 0.25) is 0 Å².